The molecular formula is C48H95NO5. The Morgan fingerprint density at radius 3 is 1.06 bits per heavy atom. The standard InChI is InChI=1S/C48H95NO5/c1-5-9-13-23-31-45(32-24-14-10-6-2)37-43-53-47(51)35-27-19-17-21-29-39-49(41-42-50)40-30-22-18-20-28-36-48(52)54-44-38-46(33-25-15-11-7-3)34-26-16-12-8-4/h45-46,50H,5-44H2,1-4H3. The van der Waals surface area contributed by atoms with Gasteiger partial charge < -0.3 is 19.5 Å². The summed E-state index contributed by atoms with van der Waals surface area (Å²) < 4.78 is 11.3. The Balaban J connectivity index is 3.96. The van der Waals surface area contributed by atoms with Crippen molar-refractivity contribution in [3.05, 3.63) is 0 Å². The van der Waals surface area contributed by atoms with Crippen LogP contribution in [-0.2, 0) is 19.1 Å². The van der Waals surface area contributed by atoms with E-state index in [0.717, 1.165) is 83.8 Å². The molecule has 6 nitrogen and oxygen atoms in total. The maximum Gasteiger partial charge on any atom is 0.305 e. The number of esters is 2. The van der Waals surface area contributed by atoms with Gasteiger partial charge in [0.2, 0.25) is 0 Å². The molecule has 0 fully saturated rings. The Hall–Kier alpha value is -1.14. The zero-order chi connectivity index (χ0) is 39.6. The van der Waals surface area contributed by atoms with E-state index in [1.54, 1.807) is 0 Å². The molecule has 0 saturated carbocycles. The molecule has 0 bridgehead atoms. The second-order valence-electron chi connectivity index (χ2n) is 16.7. The molecule has 0 spiro atoms. The molecule has 0 rings (SSSR count). The summed E-state index contributed by atoms with van der Waals surface area (Å²) in [5.41, 5.74) is 0. The van der Waals surface area contributed by atoms with E-state index in [4.69, 9.17) is 9.47 Å². The fourth-order valence-corrected chi connectivity index (χ4v) is 7.88. The predicted octanol–water partition coefficient (Wildman–Crippen LogP) is 13.9. The van der Waals surface area contributed by atoms with Crippen LogP contribution in [0.1, 0.15) is 246 Å². The van der Waals surface area contributed by atoms with Crippen molar-refractivity contribution in [2.45, 2.75) is 246 Å². The molecule has 0 radical (unpaired) electrons. The van der Waals surface area contributed by atoms with Gasteiger partial charge in [0, 0.05) is 19.4 Å². The summed E-state index contributed by atoms with van der Waals surface area (Å²) in [5.74, 6) is 1.39. The molecule has 0 amide bonds. The lowest BCUT2D eigenvalue weighted by molar-refractivity contribution is -0.145. The largest absolute Gasteiger partial charge is 0.466 e. The van der Waals surface area contributed by atoms with Gasteiger partial charge in [-0.2, -0.15) is 0 Å². The van der Waals surface area contributed by atoms with Crippen LogP contribution in [0.5, 0.6) is 0 Å². The van der Waals surface area contributed by atoms with Crippen molar-refractivity contribution in [1.29, 1.82) is 0 Å². The molecule has 0 aromatic rings. The SMILES string of the molecule is CCCCCCC(CCCCCC)CCOC(=O)CCCCCCCN(CCO)CCCCCCCC(=O)OCCC(CCCCCC)CCCCCC. The topological polar surface area (TPSA) is 76.1 Å². The molecule has 322 valence electrons. The van der Waals surface area contributed by atoms with Crippen LogP contribution in [-0.4, -0.2) is 61.4 Å². The molecule has 0 aliphatic heterocycles. The van der Waals surface area contributed by atoms with Crippen LogP contribution in [0.2, 0.25) is 0 Å². The number of ether oxygens (including phenoxy) is 2. The van der Waals surface area contributed by atoms with Gasteiger partial charge in [-0.25, -0.2) is 0 Å². The molecule has 0 unspecified atom stereocenters. The van der Waals surface area contributed by atoms with Crippen LogP contribution in [0.4, 0.5) is 0 Å². The predicted molar refractivity (Wildman–Crippen MR) is 232 cm³/mol. The molecule has 0 aliphatic rings. The van der Waals surface area contributed by atoms with Crippen LogP contribution >= 0.6 is 0 Å². The van der Waals surface area contributed by atoms with Crippen molar-refractivity contribution in [1.82, 2.24) is 4.90 Å². The highest BCUT2D eigenvalue weighted by molar-refractivity contribution is 5.69. The highest BCUT2D eigenvalue weighted by Gasteiger charge is 2.13. The van der Waals surface area contributed by atoms with Crippen molar-refractivity contribution in [2.24, 2.45) is 11.8 Å². The molecule has 0 aromatic heterocycles. The van der Waals surface area contributed by atoms with Crippen LogP contribution < -0.4 is 0 Å². The summed E-state index contributed by atoms with van der Waals surface area (Å²) in [7, 11) is 0. The maximum atomic E-state index is 12.4. The molecule has 0 aliphatic carbocycles. The summed E-state index contributed by atoms with van der Waals surface area (Å²) in [6, 6.07) is 0. The summed E-state index contributed by atoms with van der Waals surface area (Å²) in [6.07, 6.45) is 40.3. The number of aliphatic hydroxyl groups is 1. The molecule has 0 heterocycles. The van der Waals surface area contributed by atoms with E-state index in [0.29, 0.717) is 37.9 Å². The first kappa shape index (κ1) is 52.9. The number of hydrogen-bond donors (Lipinski definition) is 1. The monoisotopic (exact) mass is 766 g/mol. The van der Waals surface area contributed by atoms with Crippen molar-refractivity contribution in [3.63, 3.8) is 0 Å². The van der Waals surface area contributed by atoms with E-state index in [-0.39, 0.29) is 18.5 Å². The van der Waals surface area contributed by atoms with Crippen molar-refractivity contribution < 1.29 is 24.2 Å². The van der Waals surface area contributed by atoms with Gasteiger partial charge in [0.25, 0.3) is 0 Å². The third-order valence-corrected chi connectivity index (χ3v) is 11.6. The average Bonchev–Trinajstić information content (AvgIpc) is 3.16. The number of rotatable bonds is 44. The minimum Gasteiger partial charge on any atom is -0.466 e. The molecule has 0 saturated heterocycles. The normalized spacial score (nSPS) is 11.7. The van der Waals surface area contributed by atoms with E-state index in [1.165, 1.54) is 141 Å². The minimum absolute atomic E-state index is 0.0138. The highest BCUT2D eigenvalue weighted by Crippen LogP contribution is 2.23. The summed E-state index contributed by atoms with van der Waals surface area (Å²) in [6.45, 7) is 13.3. The number of carbonyl (C=O) groups excluding carboxylic acids is 2. The molecule has 0 aromatic carbocycles. The summed E-state index contributed by atoms with van der Waals surface area (Å²) in [4.78, 5) is 27.1. The first-order chi connectivity index (χ1) is 26.5. The van der Waals surface area contributed by atoms with E-state index in [1.807, 2.05) is 0 Å². The Morgan fingerprint density at radius 1 is 0.407 bits per heavy atom. The van der Waals surface area contributed by atoms with E-state index >= 15 is 0 Å². The van der Waals surface area contributed by atoms with Crippen LogP contribution in [0, 0.1) is 11.8 Å². The van der Waals surface area contributed by atoms with Crippen LogP contribution in [0.15, 0.2) is 0 Å². The second-order valence-corrected chi connectivity index (χ2v) is 16.7. The number of unbranched alkanes of at least 4 members (excludes halogenated alkanes) is 20. The molecule has 1 N–H and O–H groups in total. The lowest BCUT2D eigenvalue weighted by Gasteiger charge is -2.21. The fourth-order valence-electron chi connectivity index (χ4n) is 7.88. The Kier molecular flexibility index (Phi) is 42.1. The van der Waals surface area contributed by atoms with Gasteiger partial charge in [-0.3, -0.25) is 9.59 Å². The first-order valence-corrected chi connectivity index (χ1v) is 24.1. The van der Waals surface area contributed by atoms with Crippen LogP contribution in [0.25, 0.3) is 0 Å². The smallest absolute Gasteiger partial charge is 0.305 e. The third kappa shape index (κ3) is 37.8. The molecule has 0 atom stereocenters. The quantitative estimate of drug-likeness (QED) is 0.0492. The van der Waals surface area contributed by atoms with Crippen LogP contribution in [0.3, 0.4) is 0 Å². The van der Waals surface area contributed by atoms with Gasteiger partial charge >= 0.3 is 11.9 Å². The van der Waals surface area contributed by atoms with E-state index in [9.17, 15) is 14.7 Å². The van der Waals surface area contributed by atoms with Gasteiger partial charge in [0.05, 0.1) is 19.8 Å². The van der Waals surface area contributed by atoms with Crippen molar-refractivity contribution in [2.75, 3.05) is 39.5 Å². The van der Waals surface area contributed by atoms with Crippen molar-refractivity contribution in [3.8, 4) is 0 Å². The Labute approximate surface area is 337 Å². The summed E-state index contributed by atoms with van der Waals surface area (Å²) in [5, 5.41) is 9.57. The van der Waals surface area contributed by atoms with Gasteiger partial charge in [-0.1, -0.05) is 195 Å². The lowest BCUT2D eigenvalue weighted by atomic mass is 9.92. The number of aliphatic hydroxyl groups excluding tert-OH is 1. The molecule has 54 heavy (non-hydrogen) atoms. The number of nitrogens with zero attached hydrogens (tertiary/aromatic N) is 1. The fraction of sp³-hybridized carbons (Fsp3) is 0.958. The average molecular weight is 766 g/mol. The maximum absolute atomic E-state index is 12.4. The zero-order valence-electron chi connectivity index (χ0n) is 37.0. The number of hydrogen-bond acceptors (Lipinski definition) is 6. The molecular weight excluding hydrogens is 671 g/mol. The van der Waals surface area contributed by atoms with E-state index < -0.39 is 0 Å². The zero-order valence-corrected chi connectivity index (χ0v) is 37.0. The minimum atomic E-state index is -0.0138. The van der Waals surface area contributed by atoms with Gasteiger partial charge in [0.15, 0.2) is 0 Å². The van der Waals surface area contributed by atoms with Gasteiger partial charge in [-0.15, -0.1) is 0 Å². The summed E-state index contributed by atoms with van der Waals surface area (Å²) >= 11 is 0. The lowest BCUT2D eigenvalue weighted by Crippen LogP contribution is -2.29. The Bertz CT molecular complexity index is 692. The van der Waals surface area contributed by atoms with Crippen molar-refractivity contribution >= 4 is 11.9 Å². The third-order valence-electron chi connectivity index (χ3n) is 11.6. The first-order valence-electron chi connectivity index (χ1n) is 24.1. The van der Waals surface area contributed by atoms with Gasteiger partial charge in [-0.05, 0) is 63.5 Å². The molecule has 6 heteroatoms. The van der Waals surface area contributed by atoms with E-state index in [2.05, 4.69) is 32.6 Å². The number of carbonyl (C=O) groups is 2. The highest BCUT2D eigenvalue weighted by atomic mass is 16.5. The Morgan fingerprint density at radius 2 is 0.722 bits per heavy atom. The second kappa shape index (κ2) is 43.0. The van der Waals surface area contributed by atoms with Gasteiger partial charge in [0.1, 0.15) is 0 Å².